The number of hydrogen-bond acceptors (Lipinski definition) is 4. The predicted molar refractivity (Wildman–Crippen MR) is 77.9 cm³/mol. The smallest absolute Gasteiger partial charge is 0.305 e. The van der Waals surface area contributed by atoms with E-state index < -0.39 is 24.3 Å². The zero-order chi connectivity index (χ0) is 16.0. The Morgan fingerprint density at radius 2 is 1.95 bits per heavy atom. The third-order valence-corrected chi connectivity index (χ3v) is 2.54. The van der Waals surface area contributed by atoms with Gasteiger partial charge in [-0.05, 0) is 32.0 Å². The summed E-state index contributed by atoms with van der Waals surface area (Å²) >= 11 is 0. The van der Waals surface area contributed by atoms with Crippen molar-refractivity contribution >= 4 is 23.5 Å². The quantitative estimate of drug-likeness (QED) is 0.610. The molecule has 0 aliphatic carbocycles. The molecule has 2 amide bonds. The van der Waals surface area contributed by atoms with Crippen molar-refractivity contribution in [3.05, 3.63) is 29.8 Å². The van der Waals surface area contributed by atoms with Gasteiger partial charge in [-0.2, -0.15) is 0 Å². The lowest BCUT2D eigenvalue weighted by Crippen LogP contribution is -2.37. The van der Waals surface area contributed by atoms with Crippen LogP contribution in [0.2, 0.25) is 0 Å². The molecule has 1 atom stereocenters. The molecule has 114 valence electrons. The van der Waals surface area contributed by atoms with E-state index in [2.05, 4.69) is 10.6 Å². The predicted octanol–water partition coefficient (Wildman–Crippen LogP) is 0.565. The minimum Gasteiger partial charge on any atom is -0.481 e. The van der Waals surface area contributed by atoms with Gasteiger partial charge in [-0.25, -0.2) is 0 Å². The first-order chi connectivity index (χ1) is 9.79. The molecule has 0 aliphatic rings. The van der Waals surface area contributed by atoms with Crippen LogP contribution in [0, 0.1) is 0 Å². The zero-order valence-electron chi connectivity index (χ0n) is 11.9. The van der Waals surface area contributed by atoms with Gasteiger partial charge in [0.15, 0.2) is 0 Å². The first-order valence-corrected chi connectivity index (χ1v) is 6.48. The van der Waals surface area contributed by atoms with Crippen molar-refractivity contribution < 1.29 is 19.5 Å². The highest BCUT2D eigenvalue weighted by Gasteiger charge is 2.17. The van der Waals surface area contributed by atoms with E-state index in [1.54, 1.807) is 18.2 Å². The molecule has 7 nitrogen and oxygen atoms in total. The SMILES string of the molecule is CC(C)NC(=O)c1cccc(NC(=O)C(N)CC(=O)O)c1. The first kappa shape index (κ1) is 16.6. The molecule has 1 aromatic rings. The van der Waals surface area contributed by atoms with Gasteiger partial charge >= 0.3 is 5.97 Å². The normalized spacial score (nSPS) is 11.8. The Morgan fingerprint density at radius 1 is 1.29 bits per heavy atom. The molecule has 0 fully saturated rings. The number of nitrogens with one attached hydrogen (secondary N) is 2. The van der Waals surface area contributed by atoms with Gasteiger partial charge in [0.1, 0.15) is 0 Å². The fourth-order valence-corrected chi connectivity index (χ4v) is 1.60. The standard InChI is InChI=1S/C14H19N3O4/c1-8(2)16-13(20)9-4-3-5-10(6-9)17-14(21)11(15)7-12(18)19/h3-6,8,11H,7,15H2,1-2H3,(H,16,20)(H,17,21)(H,18,19). The largest absolute Gasteiger partial charge is 0.481 e. The molecule has 21 heavy (non-hydrogen) atoms. The third-order valence-electron chi connectivity index (χ3n) is 2.54. The fourth-order valence-electron chi connectivity index (χ4n) is 1.60. The van der Waals surface area contributed by atoms with Crippen LogP contribution >= 0.6 is 0 Å². The van der Waals surface area contributed by atoms with E-state index in [4.69, 9.17) is 10.8 Å². The lowest BCUT2D eigenvalue weighted by molar-refractivity contribution is -0.138. The van der Waals surface area contributed by atoms with Crippen LogP contribution in [0.3, 0.4) is 0 Å². The number of rotatable bonds is 6. The molecule has 0 saturated carbocycles. The van der Waals surface area contributed by atoms with Crippen molar-refractivity contribution in [3.8, 4) is 0 Å². The molecule has 7 heteroatoms. The lowest BCUT2D eigenvalue weighted by Gasteiger charge is -2.12. The average Bonchev–Trinajstić information content (AvgIpc) is 2.37. The summed E-state index contributed by atoms with van der Waals surface area (Å²) in [4.78, 5) is 34.1. The van der Waals surface area contributed by atoms with Crippen LogP contribution < -0.4 is 16.4 Å². The van der Waals surface area contributed by atoms with E-state index >= 15 is 0 Å². The zero-order valence-corrected chi connectivity index (χ0v) is 11.9. The van der Waals surface area contributed by atoms with Crippen LogP contribution in [0.4, 0.5) is 5.69 Å². The molecule has 0 aliphatic heterocycles. The molecule has 0 bridgehead atoms. The highest BCUT2D eigenvalue weighted by atomic mass is 16.4. The van der Waals surface area contributed by atoms with E-state index in [1.807, 2.05) is 13.8 Å². The molecule has 0 heterocycles. The summed E-state index contributed by atoms with van der Waals surface area (Å²) < 4.78 is 0. The molecular weight excluding hydrogens is 274 g/mol. The van der Waals surface area contributed by atoms with E-state index in [0.717, 1.165) is 0 Å². The molecule has 0 radical (unpaired) electrons. The number of carboxylic acid groups (broad SMARTS) is 1. The summed E-state index contributed by atoms with van der Waals surface area (Å²) in [5.74, 6) is -2.02. The first-order valence-electron chi connectivity index (χ1n) is 6.48. The monoisotopic (exact) mass is 293 g/mol. The van der Waals surface area contributed by atoms with Gasteiger partial charge in [-0.1, -0.05) is 6.07 Å². The van der Waals surface area contributed by atoms with Crippen molar-refractivity contribution in [2.75, 3.05) is 5.32 Å². The maximum Gasteiger partial charge on any atom is 0.305 e. The van der Waals surface area contributed by atoms with Gasteiger partial charge in [-0.3, -0.25) is 14.4 Å². The van der Waals surface area contributed by atoms with Crippen LogP contribution in [0.5, 0.6) is 0 Å². The molecular formula is C14H19N3O4. The Morgan fingerprint density at radius 3 is 2.52 bits per heavy atom. The fraction of sp³-hybridized carbons (Fsp3) is 0.357. The van der Waals surface area contributed by atoms with Gasteiger partial charge in [0.2, 0.25) is 5.91 Å². The van der Waals surface area contributed by atoms with Crippen molar-refractivity contribution in [2.24, 2.45) is 5.73 Å². The number of carbonyl (C=O) groups excluding carboxylic acids is 2. The second kappa shape index (κ2) is 7.39. The van der Waals surface area contributed by atoms with Gasteiger partial charge in [0.25, 0.3) is 5.91 Å². The van der Waals surface area contributed by atoms with Crippen LogP contribution in [0.15, 0.2) is 24.3 Å². The topological polar surface area (TPSA) is 122 Å². The Balaban J connectivity index is 2.74. The molecule has 1 rings (SSSR count). The van der Waals surface area contributed by atoms with Gasteiger partial charge < -0.3 is 21.5 Å². The van der Waals surface area contributed by atoms with Crippen LogP contribution in [-0.2, 0) is 9.59 Å². The third kappa shape index (κ3) is 5.62. The Labute approximate surface area is 122 Å². The van der Waals surface area contributed by atoms with Crippen LogP contribution in [0.1, 0.15) is 30.6 Å². The summed E-state index contributed by atoms with van der Waals surface area (Å²) in [5, 5.41) is 13.8. The molecule has 5 N–H and O–H groups in total. The Bertz CT molecular complexity index is 543. The number of nitrogens with two attached hydrogens (primary N) is 1. The second-order valence-corrected chi connectivity index (χ2v) is 4.90. The van der Waals surface area contributed by atoms with Crippen LogP contribution in [-0.4, -0.2) is 35.0 Å². The van der Waals surface area contributed by atoms with E-state index in [9.17, 15) is 14.4 Å². The summed E-state index contributed by atoms with van der Waals surface area (Å²) in [7, 11) is 0. The Kier molecular flexibility index (Phi) is 5.86. The molecule has 1 aromatic carbocycles. The highest BCUT2D eigenvalue weighted by molar-refractivity contribution is 5.99. The van der Waals surface area contributed by atoms with Crippen LogP contribution in [0.25, 0.3) is 0 Å². The average molecular weight is 293 g/mol. The van der Waals surface area contributed by atoms with E-state index in [-0.39, 0.29) is 11.9 Å². The van der Waals surface area contributed by atoms with Gasteiger partial charge in [-0.15, -0.1) is 0 Å². The summed E-state index contributed by atoms with van der Waals surface area (Å²) in [5.41, 5.74) is 6.24. The molecule has 1 unspecified atom stereocenters. The van der Waals surface area contributed by atoms with E-state index in [1.165, 1.54) is 6.07 Å². The van der Waals surface area contributed by atoms with Crippen molar-refractivity contribution in [1.29, 1.82) is 0 Å². The van der Waals surface area contributed by atoms with Gasteiger partial charge in [0.05, 0.1) is 12.5 Å². The maximum atomic E-state index is 11.8. The minimum absolute atomic E-state index is 0.000244. The summed E-state index contributed by atoms with van der Waals surface area (Å²) in [6.45, 7) is 3.68. The van der Waals surface area contributed by atoms with Crippen molar-refractivity contribution in [3.63, 3.8) is 0 Å². The number of amides is 2. The Hall–Kier alpha value is -2.41. The summed E-state index contributed by atoms with van der Waals surface area (Å²) in [6, 6.07) is 5.19. The van der Waals surface area contributed by atoms with Gasteiger partial charge in [0, 0.05) is 17.3 Å². The molecule has 0 spiro atoms. The number of hydrogen-bond donors (Lipinski definition) is 4. The number of anilines is 1. The highest BCUT2D eigenvalue weighted by Crippen LogP contribution is 2.11. The maximum absolute atomic E-state index is 11.8. The number of carbonyl (C=O) groups is 3. The van der Waals surface area contributed by atoms with Crippen molar-refractivity contribution in [1.82, 2.24) is 5.32 Å². The lowest BCUT2D eigenvalue weighted by atomic mass is 10.1. The second-order valence-electron chi connectivity index (χ2n) is 4.90. The van der Waals surface area contributed by atoms with E-state index in [0.29, 0.717) is 11.3 Å². The number of carboxylic acids is 1. The van der Waals surface area contributed by atoms with Crippen molar-refractivity contribution in [2.45, 2.75) is 32.4 Å². The molecule has 0 aromatic heterocycles. The number of aliphatic carboxylic acids is 1. The molecule has 0 saturated heterocycles. The minimum atomic E-state index is -1.15. The summed E-state index contributed by atoms with van der Waals surface area (Å²) in [6.07, 6.45) is -0.459. The number of benzene rings is 1.